The minimum Gasteiger partial charge on any atom is -0.383 e. The molecule has 5 rings (SSSR count). The number of carbonyl (C=O) groups excluding carboxylic acids is 1. The third-order valence-electron chi connectivity index (χ3n) is 7.88. The molecule has 8 nitrogen and oxygen atoms in total. The van der Waals surface area contributed by atoms with Crippen LogP contribution >= 0.6 is 0 Å². The Kier molecular flexibility index (Phi) is 8.43. The van der Waals surface area contributed by atoms with Crippen LogP contribution in [0.3, 0.4) is 0 Å². The van der Waals surface area contributed by atoms with Crippen LogP contribution in [0.2, 0.25) is 0 Å². The van der Waals surface area contributed by atoms with Gasteiger partial charge in [0.1, 0.15) is 0 Å². The number of benzene rings is 2. The lowest BCUT2D eigenvalue weighted by Crippen LogP contribution is -2.39. The van der Waals surface area contributed by atoms with E-state index in [1.807, 2.05) is 37.3 Å². The first kappa shape index (κ1) is 27.1. The highest BCUT2D eigenvalue weighted by Gasteiger charge is 2.30. The number of methoxy groups -OCH3 is 1. The van der Waals surface area contributed by atoms with E-state index in [-0.39, 0.29) is 29.5 Å². The molecule has 2 heterocycles. The second kappa shape index (κ2) is 12.1. The number of hydrogen-bond donors (Lipinski definition) is 2. The van der Waals surface area contributed by atoms with Gasteiger partial charge in [0.2, 0.25) is 0 Å². The van der Waals surface area contributed by atoms with Gasteiger partial charge >= 0.3 is 0 Å². The van der Waals surface area contributed by atoms with E-state index in [0.717, 1.165) is 50.1 Å². The number of amides is 1. The summed E-state index contributed by atoms with van der Waals surface area (Å²) in [4.78, 5) is 33.4. The number of aryl methyl sites for hydroxylation is 1. The first-order valence-electron chi connectivity index (χ1n) is 14.0. The van der Waals surface area contributed by atoms with Crippen LogP contribution in [0.4, 0.5) is 5.82 Å². The van der Waals surface area contributed by atoms with Crippen LogP contribution in [0.1, 0.15) is 60.1 Å². The highest BCUT2D eigenvalue weighted by molar-refractivity contribution is 5.95. The smallest absolute Gasteiger partial charge is 0.297 e. The van der Waals surface area contributed by atoms with Gasteiger partial charge in [-0.05, 0) is 68.3 Å². The summed E-state index contributed by atoms with van der Waals surface area (Å²) >= 11 is 0. The van der Waals surface area contributed by atoms with Crippen molar-refractivity contribution in [1.82, 2.24) is 19.8 Å². The lowest BCUT2D eigenvalue weighted by atomic mass is 9.93. The quantitative estimate of drug-likeness (QED) is 0.384. The van der Waals surface area contributed by atoms with E-state index in [0.29, 0.717) is 23.1 Å². The number of nitrogens with one attached hydrogen (secondary N) is 2. The van der Waals surface area contributed by atoms with Crippen molar-refractivity contribution in [2.45, 2.75) is 57.7 Å². The molecule has 3 aromatic rings. The molecule has 0 radical (unpaired) electrons. The van der Waals surface area contributed by atoms with Gasteiger partial charge in [-0.1, -0.05) is 43.3 Å². The molecule has 1 aliphatic heterocycles. The van der Waals surface area contributed by atoms with Gasteiger partial charge in [0.15, 0.2) is 5.82 Å². The van der Waals surface area contributed by atoms with Gasteiger partial charge < -0.3 is 15.4 Å². The molecule has 8 heteroatoms. The number of likely N-dealkylation sites (tertiary alicyclic amines) is 1. The van der Waals surface area contributed by atoms with Crippen molar-refractivity contribution in [3.63, 3.8) is 0 Å². The molecule has 0 bridgehead atoms. The van der Waals surface area contributed by atoms with Gasteiger partial charge in [0.25, 0.3) is 11.5 Å². The third kappa shape index (κ3) is 6.40. The van der Waals surface area contributed by atoms with Crippen LogP contribution in [0.5, 0.6) is 0 Å². The van der Waals surface area contributed by atoms with Crippen molar-refractivity contribution in [2.75, 3.05) is 32.1 Å². The number of aromatic nitrogens is 2. The Labute approximate surface area is 230 Å². The molecule has 39 heavy (non-hydrogen) atoms. The molecule has 1 amide bonds. The fourth-order valence-electron chi connectivity index (χ4n) is 5.56. The van der Waals surface area contributed by atoms with Crippen molar-refractivity contribution in [1.29, 1.82) is 0 Å². The third-order valence-corrected chi connectivity index (χ3v) is 7.88. The summed E-state index contributed by atoms with van der Waals surface area (Å²) in [6.07, 6.45) is 7.67. The highest BCUT2D eigenvalue weighted by atomic mass is 16.5. The van der Waals surface area contributed by atoms with E-state index < -0.39 is 0 Å². The molecule has 1 aromatic heterocycles. The van der Waals surface area contributed by atoms with Crippen molar-refractivity contribution < 1.29 is 9.53 Å². The molecule has 1 aliphatic carbocycles. The zero-order chi connectivity index (χ0) is 27.4. The van der Waals surface area contributed by atoms with Crippen LogP contribution in [0.15, 0.2) is 65.7 Å². The number of carbonyl (C=O) groups is 1. The zero-order valence-electron chi connectivity index (χ0n) is 23.1. The number of rotatable bonds is 11. The SMILES string of the molecule is COC[C@H]1CCCN1C[C@H](C)[C@@H](Nc1nccn(-c2cc(C(=O)NC3CC3)ccc2C)c1=O)c1ccccc1. The summed E-state index contributed by atoms with van der Waals surface area (Å²) < 4.78 is 7.05. The summed E-state index contributed by atoms with van der Waals surface area (Å²) in [5.41, 5.74) is 3.00. The lowest BCUT2D eigenvalue weighted by Gasteiger charge is -2.32. The molecule has 1 saturated heterocycles. The molecule has 0 spiro atoms. The second-order valence-electron chi connectivity index (χ2n) is 11.0. The van der Waals surface area contributed by atoms with Gasteiger partial charge in [-0.2, -0.15) is 0 Å². The average Bonchev–Trinajstić information content (AvgIpc) is 3.66. The first-order chi connectivity index (χ1) is 18.9. The van der Waals surface area contributed by atoms with E-state index in [9.17, 15) is 9.59 Å². The summed E-state index contributed by atoms with van der Waals surface area (Å²) in [6.45, 7) is 6.84. The van der Waals surface area contributed by atoms with Crippen molar-refractivity contribution in [3.05, 3.63) is 88.0 Å². The summed E-state index contributed by atoms with van der Waals surface area (Å²) in [5.74, 6) is 0.391. The maximum absolute atomic E-state index is 13.8. The molecule has 2 N–H and O–H groups in total. The second-order valence-corrected chi connectivity index (χ2v) is 11.0. The normalized spacial score (nSPS) is 19.0. The number of anilines is 1. The van der Waals surface area contributed by atoms with Gasteiger partial charge in [0, 0.05) is 43.7 Å². The predicted octanol–water partition coefficient (Wildman–Crippen LogP) is 4.33. The maximum atomic E-state index is 13.8. The Hall–Kier alpha value is -3.49. The number of hydrogen-bond acceptors (Lipinski definition) is 6. The molecule has 2 aromatic carbocycles. The summed E-state index contributed by atoms with van der Waals surface area (Å²) in [6, 6.07) is 16.3. The van der Waals surface area contributed by atoms with Crippen LogP contribution in [0, 0.1) is 12.8 Å². The Morgan fingerprint density at radius 3 is 2.69 bits per heavy atom. The standard InChI is InChI=1S/C31H39N5O3/c1-21-11-12-24(30(37)33-25-13-14-25)18-27(21)36-17-15-32-29(31(36)38)34-28(23-8-5-4-6-9-23)22(2)19-35-16-7-10-26(35)20-39-3/h4-6,8-9,11-12,15,17-18,22,25-26,28H,7,10,13-14,16,19-20H2,1-3H3,(H,32,34)(H,33,37)/t22-,26+,28+/m0/s1. The van der Waals surface area contributed by atoms with Gasteiger partial charge in [-0.3, -0.25) is 19.1 Å². The maximum Gasteiger partial charge on any atom is 0.297 e. The minimum absolute atomic E-state index is 0.106. The molecular formula is C31H39N5O3. The molecule has 2 aliphatic rings. The Morgan fingerprint density at radius 1 is 1.15 bits per heavy atom. The fraction of sp³-hybridized carbons (Fsp3) is 0.452. The number of ether oxygens (including phenoxy) is 1. The van der Waals surface area contributed by atoms with E-state index in [2.05, 4.69) is 39.6 Å². The average molecular weight is 530 g/mol. The highest BCUT2D eigenvalue weighted by Crippen LogP contribution is 2.29. The summed E-state index contributed by atoms with van der Waals surface area (Å²) in [7, 11) is 1.76. The Bertz CT molecular complexity index is 1340. The van der Waals surface area contributed by atoms with Crippen molar-refractivity contribution in [2.24, 2.45) is 5.92 Å². The molecule has 0 unspecified atom stereocenters. The van der Waals surface area contributed by atoms with Crippen LogP contribution in [-0.2, 0) is 4.74 Å². The zero-order valence-corrected chi connectivity index (χ0v) is 23.1. The van der Waals surface area contributed by atoms with E-state index in [1.165, 1.54) is 6.42 Å². The number of nitrogens with zero attached hydrogens (tertiary/aromatic N) is 3. The lowest BCUT2D eigenvalue weighted by molar-refractivity contribution is 0.0951. The fourth-order valence-corrected chi connectivity index (χ4v) is 5.56. The molecular weight excluding hydrogens is 490 g/mol. The molecule has 2 fully saturated rings. The van der Waals surface area contributed by atoms with Gasteiger partial charge in [-0.25, -0.2) is 4.98 Å². The van der Waals surface area contributed by atoms with E-state index in [4.69, 9.17) is 4.74 Å². The van der Waals surface area contributed by atoms with Crippen molar-refractivity contribution in [3.8, 4) is 5.69 Å². The topological polar surface area (TPSA) is 88.5 Å². The predicted molar refractivity (Wildman–Crippen MR) is 153 cm³/mol. The largest absolute Gasteiger partial charge is 0.383 e. The molecule has 1 saturated carbocycles. The van der Waals surface area contributed by atoms with Crippen molar-refractivity contribution >= 4 is 11.7 Å². The van der Waals surface area contributed by atoms with Gasteiger partial charge in [0.05, 0.1) is 18.3 Å². The van der Waals surface area contributed by atoms with Gasteiger partial charge in [-0.15, -0.1) is 0 Å². The van der Waals surface area contributed by atoms with Crippen LogP contribution < -0.4 is 16.2 Å². The first-order valence-corrected chi connectivity index (χ1v) is 14.0. The Morgan fingerprint density at radius 2 is 1.95 bits per heavy atom. The molecule has 206 valence electrons. The van der Waals surface area contributed by atoms with E-state index in [1.54, 1.807) is 30.1 Å². The minimum atomic E-state index is -0.244. The van der Waals surface area contributed by atoms with Crippen LogP contribution in [-0.4, -0.2) is 59.2 Å². The van der Waals surface area contributed by atoms with E-state index >= 15 is 0 Å². The van der Waals surface area contributed by atoms with Crippen LogP contribution in [0.25, 0.3) is 5.69 Å². The molecule has 3 atom stereocenters. The summed E-state index contributed by atoms with van der Waals surface area (Å²) in [5, 5.41) is 6.53. The monoisotopic (exact) mass is 529 g/mol. The Balaban J connectivity index is 1.42.